The lowest BCUT2D eigenvalue weighted by Crippen LogP contribution is -2.36. The van der Waals surface area contributed by atoms with Gasteiger partial charge < -0.3 is 5.11 Å². The van der Waals surface area contributed by atoms with Crippen LogP contribution in [0.4, 0.5) is 0 Å². The van der Waals surface area contributed by atoms with Crippen LogP contribution in [0.1, 0.15) is 19.3 Å². The van der Waals surface area contributed by atoms with Gasteiger partial charge in [0.25, 0.3) is 0 Å². The molecule has 72 valence electrons. The van der Waals surface area contributed by atoms with Crippen LogP contribution in [0.15, 0.2) is 0 Å². The Morgan fingerprint density at radius 2 is 2.17 bits per heavy atom. The number of hydrogen-bond acceptors (Lipinski definition) is 3. The molecular formula is C7H15NO3S. The first-order valence-corrected chi connectivity index (χ1v) is 6.00. The first-order chi connectivity index (χ1) is 5.53. The maximum Gasteiger partial charge on any atom is 0.208 e. The number of nitrogens with one attached hydrogen (secondary N) is 1. The van der Waals surface area contributed by atoms with Crippen LogP contribution in [0, 0.1) is 5.92 Å². The zero-order valence-electron chi connectivity index (χ0n) is 7.16. The highest BCUT2D eigenvalue weighted by Crippen LogP contribution is 2.34. The molecule has 2 N–H and O–H groups in total. The van der Waals surface area contributed by atoms with E-state index in [4.69, 9.17) is 5.11 Å². The molecule has 0 radical (unpaired) electrons. The Kier molecular flexibility index (Phi) is 3.09. The van der Waals surface area contributed by atoms with Gasteiger partial charge in [-0.05, 0) is 25.2 Å². The summed E-state index contributed by atoms with van der Waals surface area (Å²) in [6, 6.07) is -0.0509. The summed E-state index contributed by atoms with van der Waals surface area (Å²) in [4.78, 5) is 0. The molecule has 0 aliphatic heterocycles. The quantitative estimate of drug-likeness (QED) is 0.630. The van der Waals surface area contributed by atoms with E-state index in [0.29, 0.717) is 12.3 Å². The van der Waals surface area contributed by atoms with Gasteiger partial charge in [-0.1, -0.05) is 0 Å². The predicted molar refractivity (Wildman–Crippen MR) is 46.2 cm³/mol. The maximum atomic E-state index is 10.9. The van der Waals surface area contributed by atoms with Crippen molar-refractivity contribution in [3.8, 4) is 0 Å². The third-order valence-electron chi connectivity index (χ3n) is 2.00. The van der Waals surface area contributed by atoms with Gasteiger partial charge in [-0.3, -0.25) is 0 Å². The van der Waals surface area contributed by atoms with E-state index in [9.17, 15) is 8.42 Å². The van der Waals surface area contributed by atoms with Crippen molar-refractivity contribution in [1.82, 2.24) is 4.72 Å². The number of aliphatic hydroxyl groups excluding tert-OH is 1. The molecule has 1 unspecified atom stereocenters. The summed E-state index contributed by atoms with van der Waals surface area (Å²) < 4.78 is 24.2. The zero-order valence-corrected chi connectivity index (χ0v) is 7.97. The average molecular weight is 193 g/mol. The summed E-state index contributed by atoms with van der Waals surface area (Å²) in [5, 5.41) is 8.68. The van der Waals surface area contributed by atoms with Crippen LogP contribution in [-0.4, -0.2) is 32.4 Å². The van der Waals surface area contributed by atoms with Gasteiger partial charge in [0.2, 0.25) is 10.0 Å². The van der Waals surface area contributed by atoms with Gasteiger partial charge in [-0.15, -0.1) is 0 Å². The fourth-order valence-electron chi connectivity index (χ4n) is 1.30. The van der Waals surface area contributed by atoms with Gasteiger partial charge in [0.15, 0.2) is 0 Å². The molecule has 1 aliphatic carbocycles. The average Bonchev–Trinajstić information content (AvgIpc) is 2.63. The summed E-state index contributed by atoms with van der Waals surface area (Å²) in [5.74, 6) is 0.451. The van der Waals surface area contributed by atoms with E-state index in [1.54, 1.807) is 0 Å². The van der Waals surface area contributed by atoms with E-state index < -0.39 is 10.0 Å². The minimum atomic E-state index is -3.11. The Labute approximate surface area is 73.0 Å². The second kappa shape index (κ2) is 3.72. The van der Waals surface area contributed by atoms with Gasteiger partial charge in [-0.25, -0.2) is 13.1 Å². The zero-order chi connectivity index (χ0) is 9.19. The summed E-state index contributed by atoms with van der Waals surface area (Å²) in [6.07, 6.45) is 3.83. The molecule has 0 heterocycles. The van der Waals surface area contributed by atoms with Gasteiger partial charge in [0, 0.05) is 12.6 Å². The van der Waals surface area contributed by atoms with Crippen LogP contribution in [0.3, 0.4) is 0 Å². The summed E-state index contributed by atoms with van der Waals surface area (Å²) in [6.45, 7) is 0.0453. The summed E-state index contributed by atoms with van der Waals surface area (Å²) in [5.41, 5.74) is 0. The number of aliphatic hydroxyl groups is 1. The summed E-state index contributed by atoms with van der Waals surface area (Å²) in [7, 11) is -3.11. The van der Waals surface area contributed by atoms with E-state index in [2.05, 4.69) is 4.72 Å². The molecule has 0 aromatic rings. The molecule has 0 amide bonds. The first-order valence-electron chi connectivity index (χ1n) is 4.11. The smallest absolute Gasteiger partial charge is 0.208 e. The van der Waals surface area contributed by atoms with E-state index in [1.807, 2.05) is 0 Å². The molecule has 12 heavy (non-hydrogen) atoms. The molecule has 1 atom stereocenters. The van der Waals surface area contributed by atoms with E-state index >= 15 is 0 Å². The van der Waals surface area contributed by atoms with Gasteiger partial charge in [-0.2, -0.15) is 0 Å². The highest BCUT2D eigenvalue weighted by atomic mass is 32.2. The van der Waals surface area contributed by atoms with Crippen LogP contribution in [-0.2, 0) is 10.0 Å². The molecule has 1 aliphatic rings. The van der Waals surface area contributed by atoms with Crippen molar-refractivity contribution in [2.24, 2.45) is 5.92 Å². The van der Waals surface area contributed by atoms with Crippen LogP contribution < -0.4 is 4.72 Å². The van der Waals surface area contributed by atoms with Crippen LogP contribution in [0.2, 0.25) is 0 Å². The molecule has 0 aromatic heterocycles. The topological polar surface area (TPSA) is 66.4 Å². The van der Waals surface area contributed by atoms with E-state index in [0.717, 1.165) is 19.1 Å². The van der Waals surface area contributed by atoms with Crippen molar-refractivity contribution < 1.29 is 13.5 Å². The minimum absolute atomic E-state index is 0.0453. The molecule has 1 saturated carbocycles. The van der Waals surface area contributed by atoms with Crippen LogP contribution in [0.5, 0.6) is 0 Å². The van der Waals surface area contributed by atoms with Crippen molar-refractivity contribution in [3.05, 3.63) is 0 Å². The van der Waals surface area contributed by atoms with Crippen molar-refractivity contribution in [3.63, 3.8) is 0 Å². The number of sulfonamides is 1. The van der Waals surface area contributed by atoms with Crippen LogP contribution in [0.25, 0.3) is 0 Å². The predicted octanol–water partition coefficient (Wildman–Crippen LogP) is -0.303. The lowest BCUT2D eigenvalue weighted by molar-refractivity contribution is 0.265. The molecule has 1 fully saturated rings. The third-order valence-corrected chi connectivity index (χ3v) is 2.73. The molecule has 0 spiro atoms. The fraction of sp³-hybridized carbons (Fsp3) is 1.00. The van der Waals surface area contributed by atoms with Crippen molar-refractivity contribution >= 4 is 10.0 Å². The van der Waals surface area contributed by atoms with Crippen molar-refractivity contribution in [1.29, 1.82) is 0 Å². The molecule has 4 nitrogen and oxygen atoms in total. The maximum absolute atomic E-state index is 10.9. The Morgan fingerprint density at radius 1 is 1.58 bits per heavy atom. The lowest BCUT2D eigenvalue weighted by atomic mass is 10.1. The molecular weight excluding hydrogens is 178 g/mol. The highest BCUT2D eigenvalue weighted by Gasteiger charge is 2.32. The minimum Gasteiger partial charge on any atom is -0.396 e. The molecule has 0 bridgehead atoms. The lowest BCUT2D eigenvalue weighted by Gasteiger charge is -2.14. The Balaban J connectivity index is 2.43. The standard InChI is InChI=1S/C7H15NO3S/c1-12(10,11)8-7(4-5-9)6-2-3-6/h6-9H,2-5H2,1H3. The van der Waals surface area contributed by atoms with Gasteiger partial charge in [0.05, 0.1) is 6.26 Å². The fourth-order valence-corrected chi connectivity index (χ4v) is 2.16. The molecule has 0 aromatic carbocycles. The second-order valence-corrected chi connectivity index (χ2v) is 5.13. The Hall–Kier alpha value is -0.130. The highest BCUT2D eigenvalue weighted by molar-refractivity contribution is 7.88. The first kappa shape index (κ1) is 9.95. The monoisotopic (exact) mass is 193 g/mol. The van der Waals surface area contributed by atoms with Crippen molar-refractivity contribution in [2.45, 2.75) is 25.3 Å². The SMILES string of the molecule is CS(=O)(=O)NC(CCO)C1CC1. The third kappa shape index (κ3) is 3.51. The Bertz CT molecular complexity index is 233. The van der Waals surface area contributed by atoms with E-state index in [1.165, 1.54) is 0 Å². The Morgan fingerprint density at radius 3 is 2.50 bits per heavy atom. The van der Waals surface area contributed by atoms with E-state index in [-0.39, 0.29) is 12.6 Å². The molecule has 0 saturated heterocycles. The largest absolute Gasteiger partial charge is 0.396 e. The van der Waals surface area contributed by atoms with Crippen molar-refractivity contribution in [2.75, 3.05) is 12.9 Å². The molecule has 1 rings (SSSR count). The normalized spacial score (nSPS) is 20.8. The molecule has 5 heteroatoms. The number of hydrogen-bond donors (Lipinski definition) is 2. The van der Waals surface area contributed by atoms with Crippen LogP contribution >= 0.6 is 0 Å². The van der Waals surface area contributed by atoms with Gasteiger partial charge in [0.1, 0.15) is 0 Å². The second-order valence-electron chi connectivity index (χ2n) is 3.35. The van der Waals surface area contributed by atoms with Gasteiger partial charge >= 0.3 is 0 Å². The summed E-state index contributed by atoms with van der Waals surface area (Å²) >= 11 is 0. The number of rotatable bonds is 5.